The molecule has 1 unspecified atom stereocenters. The van der Waals surface area contributed by atoms with Gasteiger partial charge in [-0.3, -0.25) is 0 Å². The monoisotopic (exact) mass is 310 g/mol. The predicted molar refractivity (Wildman–Crippen MR) is 84.5 cm³/mol. The molecule has 0 amide bonds. The molecule has 1 aliphatic heterocycles. The summed E-state index contributed by atoms with van der Waals surface area (Å²) in [6.07, 6.45) is 3.97. The fraction of sp³-hybridized carbons (Fsp3) is 0.200. The topological polar surface area (TPSA) is 59.7 Å². The quantitative estimate of drug-likeness (QED) is 0.744. The van der Waals surface area contributed by atoms with Crippen LogP contribution in [0.5, 0.6) is 0 Å². The van der Waals surface area contributed by atoms with Gasteiger partial charge in [0.2, 0.25) is 0 Å². The van der Waals surface area contributed by atoms with Gasteiger partial charge in [-0.1, -0.05) is 35.4 Å². The van der Waals surface area contributed by atoms with Crippen LogP contribution in [0.4, 0.5) is 5.95 Å². The van der Waals surface area contributed by atoms with Crippen molar-refractivity contribution in [2.45, 2.75) is 19.5 Å². The highest BCUT2D eigenvalue weighted by atomic mass is 32.1. The third-order valence-electron chi connectivity index (χ3n) is 3.69. The molecule has 1 aliphatic rings. The minimum Gasteiger partial charge on any atom is -0.309 e. The Kier molecular flexibility index (Phi) is 3.19. The highest BCUT2D eigenvalue weighted by Gasteiger charge is 2.29. The number of hydrogen-bond acceptors (Lipinski definition) is 6. The first-order valence-corrected chi connectivity index (χ1v) is 7.88. The molecule has 0 N–H and O–H groups in total. The van der Waals surface area contributed by atoms with E-state index >= 15 is 0 Å². The molecule has 0 saturated carbocycles. The fourth-order valence-electron chi connectivity index (χ4n) is 2.61. The molecule has 0 fully saturated rings. The number of nitrogens with zero attached hydrogens (tertiary/aromatic N) is 6. The maximum atomic E-state index is 4.40. The van der Waals surface area contributed by atoms with Gasteiger partial charge in [0.05, 0.1) is 6.54 Å². The number of allylic oxidation sites excluding steroid dienone is 2. The lowest BCUT2D eigenvalue weighted by Gasteiger charge is -2.30. The summed E-state index contributed by atoms with van der Waals surface area (Å²) in [6, 6.07) is 10.3. The van der Waals surface area contributed by atoms with Gasteiger partial charge >= 0.3 is 0 Å². The van der Waals surface area contributed by atoms with Crippen LogP contribution in [0.2, 0.25) is 0 Å². The van der Waals surface area contributed by atoms with Crippen LogP contribution in [0, 0.1) is 0 Å². The highest BCUT2D eigenvalue weighted by molar-refractivity contribution is 7.09. The Balaban J connectivity index is 1.72. The number of anilines is 1. The molecule has 0 saturated heterocycles. The van der Waals surface area contributed by atoms with Crippen LogP contribution >= 0.6 is 11.3 Å². The summed E-state index contributed by atoms with van der Waals surface area (Å²) in [7, 11) is 0. The molecule has 1 aromatic carbocycles. The molecule has 1 atom stereocenters. The van der Waals surface area contributed by atoms with Gasteiger partial charge in [-0.05, 0) is 29.0 Å². The molecule has 110 valence electrons. The maximum Gasteiger partial charge on any atom is 0.251 e. The van der Waals surface area contributed by atoms with Gasteiger partial charge in [-0.15, -0.1) is 11.3 Å². The lowest BCUT2D eigenvalue weighted by Crippen LogP contribution is -2.30. The van der Waals surface area contributed by atoms with Gasteiger partial charge in [0.25, 0.3) is 5.95 Å². The van der Waals surface area contributed by atoms with Crippen LogP contribution in [-0.4, -0.2) is 25.2 Å². The molecule has 0 radical (unpaired) electrons. The molecule has 22 heavy (non-hydrogen) atoms. The molecule has 0 aliphatic carbocycles. The summed E-state index contributed by atoms with van der Waals surface area (Å²) in [4.78, 5) is 6.53. The fourth-order valence-corrected chi connectivity index (χ4v) is 3.30. The standard InChI is InChI=1S/C15H14N6S/c1-11-9-13(14-16-7-8-22-14)21-15(17-18-19-21)20(11)10-12-5-3-2-4-6-12/h2-9,13H,10H2,1H3. The zero-order valence-corrected chi connectivity index (χ0v) is 12.8. The van der Waals surface area contributed by atoms with Gasteiger partial charge in [0.15, 0.2) is 0 Å². The van der Waals surface area contributed by atoms with Crippen LogP contribution < -0.4 is 4.90 Å². The molecule has 6 nitrogen and oxygen atoms in total. The van der Waals surface area contributed by atoms with E-state index in [0.29, 0.717) is 0 Å². The van der Waals surface area contributed by atoms with E-state index < -0.39 is 0 Å². The Morgan fingerprint density at radius 2 is 2.09 bits per heavy atom. The summed E-state index contributed by atoms with van der Waals surface area (Å²) in [6.45, 7) is 2.83. The van der Waals surface area contributed by atoms with Crippen molar-refractivity contribution < 1.29 is 0 Å². The van der Waals surface area contributed by atoms with E-state index in [2.05, 4.69) is 50.5 Å². The second-order valence-electron chi connectivity index (χ2n) is 5.12. The van der Waals surface area contributed by atoms with Crippen LogP contribution in [0.1, 0.15) is 23.5 Å². The van der Waals surface area contributed by atoms with E-state index in [9.17, 15) is 0 Å². The van der Waals surface area contributed by atoms with Crippen LogP contribution in [-0.2, 0) is 6.54 Å². The van der Waals surface area contributed by atoms with Crippen molar-refractivity contribution in [3.63, 3.8) is 0 Å². The summed E-state index contributed by atoms with van der Waals surface area (Å²) in [5, 5.41) is 15.2. The molecule has 4 rings (SSSR count). The lowest BCUT2D eigenvalue weighted by molar-refractivity contribution is 0.556. The first-order valence-electron chi connectivity index (χ1n) is 7.00. The van der Waals surface area contributed by atoms with Crippen molar-refractivity contribution >= 4 is 17.3 Å². The Labute approximate surface area is 131 Å². The predicted octanol–water partition coefficient (Wildman–Crippen LogP) is 2.64. The molecule has 3 heterocycles. The number of benzene rings is 1. The van der Waals surface area contributed by atoms with Crippen LogP contribution in [0.25, 0.3) is 0 Å². The number of tetrazole rings is 1. The lowest BCUT2D eigenvalue weighted by atomic mass is 10.1. The van der Waals surface area contributed by atoms with Gasteiger partial charge in [0.1, 0.15) is 11.0 Å². The van der Waals surface area contributed by atoms with E-state index in [1.54, 1.807) is 11.3 Å². The second kappa shape index (κ2) is 5.34. The van der Waals surface area contributed by atoms with Crippen molar-refractivity contribution in [1.82, 2.24) is 25.2 Å². The minimum absolute atomic E-state index is 0.0305. The maximum absolute atomic E-state index is 4.40. The number of aromatic nitrogens is 5. The SMILES string of the molecule is CC1=CC(c2nccs2)n2nnnc2N1Cc1ccccc1. The minimum atomic E-state index is -0.0305. The molecule has 3 aromatic rings. The molecule has 7 heteroatoms. The van der Waals surface area contributed by atoms with E-state index in [-0.39, 0.29) is 6.04 Å². The zero-order valence-electron chi connectivity index (χ0n) is 12.0. The Morgan fingerprint density at radius 1 is 1.23 bits per heavy atom. The summed E-state index contributed by atoms with van der Waals surface area (Å²) in [5.41, 5.74) is 2.35. The third kappa shape index (κ3) is 2.19. The van der Waals surface area contributed by atoms with E-state index in [4.69, 9.17) is 0 Å². The number of rotatable bonds is 3. The largest absolute Gasteiger partial charge is 0.309 e. The summed E-state index contributed by atoms with van der Waals surface area (Å²) < 4.78 is 1.83. The summed E-state index contributed by atoms with van der Waals surface area (Å²) >= 11 is 1.61. The van der Waals surface area contributed by atoms with Crippen LogP contribution in [0.15, 0.2) is 53.7 Å². The number of hydrogen-bond donors (Lipinski definition) is 0. The van der Waals surface area contributed by atoms with Crippen molar-refractivity contribution in [1.29, 1.82) is 0 Å². The van der Waals surface area contributed by atoms with E-state index in [1.165, 1.54) is 5.56 Å². The molecule has 0 spiro atoms. The number of thiazole rings is 1. The van der Waals surface area contributed by atoms with Gasteiger partial charge in [-0.25, -0.2) is 4.98 Å². The average molecular weight is 310 g/mol. The zero-order chi connectivity index (χ0) is 14.9. The van der Waals surface area contributed by atoms with Crippen LogP contribution in [0.3, 0.4) is 0 Å². The van der Waals surface area contributed by atoms with E-state index in [0.717, 1.165) is 23.2 Å². The van der Waals surface area contributed by atoms with Crippen molar-refractivity contribution in [3.8, 4) is 0 Å². The van der Waals surface area contributed by atoms with Crippen molar-refractivity contribution in [2.75, 3.05) is 4.90 Å². The number of fused-ring (bicyclic) bond motifs is 1. The normalized spacial score (nSPS) is 17.2. The summed E-state index contributed by atoms with van der Waals surface area (Å²) in [5.74, 6) is 0.754. The molecule has 2 aromatic heterocycles. The van der Waals surface area contributed by atoms with Gasteiger partial charge < -0.3 is 4.90 Å². The first-order chi connectivity index (χ1) is 10.8. The smallest absolute Gasteiger partial charge is 0.251 e. The third-order valence-corrected chi connectivity index (χ3v) is 4.54. The molecule has 0 bridgehead atoms. The highest BCUT2D eigenvalue weighted by Crippen LogP contribution is 2.33. The Morgan fingerprint density at radius 3 is 2.86 bits per heavy atom. The van der Waals surface area contributed by atoms with E-state index in [1.807, 2.05) is 34.5 Å². The van der Waals surface area contributed by atoms with Gasteiger partial charge in [0, 0.05) is 17.3 Å². The van der Waals surface area contributed by atoms with Gasteiger partial charge in [-0.2, -0.15) is 4.68 Å². The second-order valence-corrected chi connectivity index (χ2v) is 6.04. The Hall–Kier alpha value is -2.54. The average Bonchev–Trinajstić information content (AvgIpc) is 3.22. The molecular weight excluding hydrogens is 296 g/mol. The van der Waals surface area contributed by atoms with Crippen molar-refractivity contribution in [3.05, 3.63) is 64.3 Å². The first kappa shape index (κ1) is 13.1. The van der Waals surface area contributed by atoms with Crippen molar-refractivity contribution in [2.24, 2.45) is 0 Å². The Bertz CT molecular complexity index is 793. The molecular formula is C15H14N6S.